The molecule has 0 spiro atoms. The maximum atomic E-state index is 13.6. The number of nitrogens with one attached hydrogen (secondary N) is 1. The third-order valence-electron chi connectivity index (χ3n) is 3.40. The molecule has 2 aromatic rings. The molecule has 2 heterocycles. The Morgan fingerprint density at radius 3 is 3.05 bits per heavy atom. The Morgan fingerprint density at radius 1 is 1.43 bits per heavy atom. The molecule has 1 aliphatic heterocycles. The van der Waals surface area contributed by atoms with Crippen molar-refractivity contribution in [2.75, 3.05) is 11.9 Å². The smallest absolute Gasteiger partial charge is 0.254 e. The number of ether oxygens (including phenoxy) is 1. The highest BCUT2D eigenvalue weighted by atomic mass is 19.1. The molecule has 1 atom stereocenters. The Labute approximate surface area is 121 Å². The van der Waals surface area contributed by atoms with Gasteiger partial charge in [0.25, 0.3) is 5.91 Å². The molecule has 1 aromatic heterocycles. The maximum absolute atomic E-state index is 13.6. The molecule has 110 valence electrons. The molecular formula is C15H16FN3O2. The number of anilines is 1. The van der Waals surface area contributed by atoms with Crippen LogP contribution in [0.1, 0.15) is 18.4 Å². The van der Waals surface area contributed by atoms with E-state index < -0.39 is 0 Å². The first-order valence-electron chi connectivity index (χ1n) is 6.92. The Hall–Kier alpha value is -2.21. The largest absolute Gasteiger partial charge is 0.368 e. The van der Waals surface area contributed by atoms with Gasteiger partial charge in [0.15, 0.2) is 5.82 Å². The first-order chi connectivity index (χ1) is 10.2. The number of carbonyl (C=O) groups excluding carboxylic acids is 1. The molecule has 0 aliphatic carbocycles. The van der Waals surface area contributed by atoms with Crippen LogP contribution in [0.2, 0.25) is 0 Å². The fourth-order valence-electron chi connectivity index (χ4n) is 2.31. The van der Waals surface area contributed by atoms with Crippen LogP contribution >= 0.6 is 0 Å². The van der Waals surface area contributed by atoms with E-state index in [0.29, 0.717) is 24.5 Å². The monoisotopic (exact) mass is 289 g/mol. The summed E-state index contributed by atoms with van der Waals surface area (Å²) < 4.78 is 20.5. The van der Waals surface area contributed by atoms with E-state index in [1.54, 1.807) is 35.1 Å². The average molecular weight is 289 g/mol. The summed E-state index contributed by atoms with van der Waals surface area (Å²) in [6, 6.07) is 8.24. The van der Waals surface area contributed by atoms with Gasteiger partial charge in [-0.3, -0.25) is 9.48 Å². The molecule has 1 aromatic carbocycles. The normalized spacial score (nSPS) is 17.9. The molecule has 0 saturated carbocycles. The topological polar surface area (TPSA) is 56.2 Å². The van der Waals surface area contributed by atoms with E-state index in [1.807, 2.05) is 0 Å². The van der Waals surface area contributed by atoms with Crippen molar-refractivity contribution in [2.24, 2.45) is 0 Å². The lowest BCUT2D eigenvalue weighted by atomic mass is 10.2. The second-order valence-electron chi connectivity index (χ2n) is 4.98. The molecule has 1 N–H and O–H groups in total. The number of hydrogen-bond donors (Lipinski definition) is 1. The summed E-state index contributed by atoms with van der Waals surface area (Å²) >= 11 is 0. The third kappa shape index (κ3) is 3.28. The second kappa shape index (κ2) is 6.05. The van der Waals surface area contributed by atoms with Crippen LogP contribution < -0.4 is 5.32 Å². The number of benzene rings is 1. The summed E-state index contributed by atoms with van der Waals surface area (Å²) in [6.45, 7) is 0.947. The highest BCUT2D eigenvalue weighted by molar-refractivity contribution is 5.93. The van der Waals surface area contributed by atoms with Crippen molar-refractivity contribution in [1.29, 1.82) is 0 Å². The molecule has 1 aliphatic rings. The molecule has 0 unspecified atom stereocenters. The van der Waals surface area contributed by atoms with E-state index in [0.717, 1.165) is 12.8 Å². The van der Waals surface area contributed by atoms with Gasteiger partial charge in [-0.1, -0.05) is 18.2 Å². The molecule has 0 radical (unpaired) electrons. The molecule has 1 fully saturated rings. The average Bonchev–Trinajstić information content (AvgIpc) is 3.13. The van der Waals surface area contributed by atoms with Crippen molar-refractivity contribution in [3.8, 4) is 0 Å². The summed E-state index contributed by atoms with van der Waals surface area (Å²) in [6.07, 6.45) is 2.96. The van der Waals surface area contributed by atoms with Crippen molar-refractivity contribution in [3.05, 3.63) is 47.9 Å². The summed E-state index contributed by atoms with van der Waals surface area (Å²) in [5.74, 6) is 0.00780. The molecular weight excluding hydrogens is 273 g/mol. The maximum Gasteiger partial charge on any atom is 0.254 e. The Morgan fingerprint density at radius 2 is 2.29 bits per heavy atom. The molecule has 21 heavy (non-hydrogen) atoms. The third-order valence-corrected chi connectivity index (χ3v) is 3.40. The summed E-state index contributed by atoms with van der Waals surface area (Å²) in [4.78, 5) is 11.9. The van der Waals surface area contributed by atoms with E-state index in [1.165, 1.54) is 6.07 Å². The van der Waals surface area contributed by atoms with Gasteiger partial charge in [0.05, 0.1) is 6.54 Å². The van der Waals surface area contributed by atoms with Crippen LogP contribution in [0.5, 0.6) is 0 Å². The van der Waals surface area contributed by atoms with Crippen LogP contribution in [0.3, 0.4) is 0 Å². The summed E-state index contributed by atoms with van der Waals surface area (Å²) in [5, 5.41) is 6.94. The minimum atomic E-state index is -0.387. The number of rotatable bonds is 4. The van der Waals surface area contributed by atoms with Gasteiger partial charge in [-0.25, -0.2) is 4.39 Å². The molecule has 1 amide bonds. The predicted octanol–water partition coefficient (Wildman–Crippen LogP) is 2.19. The fourth-order valence-corrected chi connectivity index (χ4v) is 2.31. The van der Waals surface area contributed by atoms with Gasteiger partial charge < -0.3 is 10.1 Å². The number of carbonyl (C=O) groups is 1. The van der Waals surface area contributed by atoms with Crippen LogP contribution in [0, 0.1) is 5.82 Å². The van der Waals surface area contributed by atoms with Crippen LogP contribution in [-0.2, 0) is 16.1 Å². The highest BCUT2D eigenvalue weighted by Crippen LogP contribution is 2.15. The lowest BCUT2D eigenvalue weighted by molar-refractivity contribution is -0.124. The minimum absolute atomic E-state index is 0.177. The zero-order valence-corrected chi connectivity index (χ0v) is 11.5. The van der Waals surface area contributed by atoms with Gasteiger partial charge in [-0.15, -0.1) is 0 Å². The van der Waals surface area contributed by atoms with Gasteiger partial charge in [-0.05, 0) is 18.9 Å². The van der Waals surface area contributed by atoms with Crippen LogP contribution in [0.25, 0.3) is 0 Å². The Balaban J connectivity index is 1.63. The predicted molar refractivity (Wildman–Crippen MR) is 75.3 cm³/mol. The fraction of sp³-hybridized carbons (Fsp3) is 0.333. The zero-order chi connectivity index (χ0) is 14.7. The van der Waals surface area contributed by atoms with Crippen molar-refractivity contribution in [1.82, 2.24) is 9.78 Å². The van der Waals surface area contributed by atoms with E-state index in [-0.39, 0.29) is 17.8 Å². The van der Waals surface area contributed by atoms with E-state index >= 15 is 0 Å². The van der Waals surface area contributed by atoms with Crippen molar-refractivity contribution >= 4 is 11.7 Å². The van der Waals surface area contributed by atoms with Crippen LogP contribution in [0.4, 0.5) is 10.2 Å². The minimum Gasteiger partial charge on any atom is -0.368 e. The first-order valence-corrected chi connectivity index (χ1v) is 6.92. The number of hydrogen-bond acceptors (Lipinski definition) is 3. The lowest BCUT2D eigenvalue weighted by Crippen LogP contribution is -2.27. The molecule has 5 nitrogen and oxygen atoms in total. The van der Waals surface area contributed by atoms with Crippen molar-refractivity contribution in [2.45, 2.75) is 25.5 Å². The van der Waals surface area contributed by atoms with E-state index in [2.05, 4.69) is 10.4 Å². The summed E-state index contributed by atoms with van der Waals surface area (Å²) in [7, 11) is 0. The number of amides is 1. The van der Waals surface area contributed by atoms with Crippen molar-refractivity contribution in [3.63, 3.8) is 0 Å². The van der Waals surface area contributed by atoms with Gasteiger partial charge in [0.1, 0.15) is 11.9 Å². The van der Waals surface area contributed by atoms with Crippen LogP contribution in [0.15, 0.2) is 36.5 Å². The van der Waals surface area contributed by atoms with E-state index in [4.69, 9.17) is 4.74 Å². The highest BCUT2D eigenvalue weighted by Gasteiger charge is 2.23. The van der Waals surface area contributed by atoms with Gasteiger partial charge in [0.2, 0.25) is 0 Å². The number of nitrogens with zero attached hydrogens (tertiary/aromatic N) is 2. The number of aromatic nitrogens is 2. The van der Waals surface area contributed by atoms with Crippen LogP contribution in [-0.4, -0.2) is 28.4 Å². The summed E-state index contributed by atoms with van der Waals surface area (Å²) in [5.41, 5.74) is 0.553. The quantitative estimate of drug-likeness (QED) is 0.938. The SMILES string of the molecule is O=C(Nc1ccn(Cc2ccccc2F)n1)[C@@H]1CCCO1. The van der Waals surface area contributed by atoms with Gasteiger partial charge >= 0.3 is 0 Å². The van der Waals surface area contributed by atoms with Gasteiger partial charge in [0, 0.05) is 24.4 Å². The molecule has 1 saturated heterocycles. The molecule has 3 rings (SSSR count). The van der Waals surface area contributed by atoms with Crippen molar-refractivity contribution < 1.29 is 13.9 Å². The molecule has 0 bridgehead atoms. The standard InChI is InChI=1S/C15H16FN3O2/c16-12-5-2-1-4-11(12)10-19-8-7-14(18-19)17-15(20)13-6-3-9-21-13/h1-2,4-5,7-8,13H,3,6,9-10H2,(H,17,18,20)/t13-/m0/s1. The first kappa shape index (κ1) is 13.8. The lowest BCUT2D eigenvalue weighted by Gasteiger charge is -2.08. The number of halogens is 1. The zero-order valence-electron chi connectivity index (χ0n) is 11.5. The Kier molecular flexibility index (Phi) is 3.96. The Bertz CT molecular complexity index is 635. The van der Waals surface area contributed by atoms with E-state index in [9.17, 15) is 9.18 Å². The molecule has 6 heteroatoms. The second-order valence-corrected chi connectivity index (χ2v) is 4.98. The van der Waals surface area contributed by atoms with Gasteiger partial charge in [-0.2, -0.15) is 5.10 Å².